The summed E-state index contributed by atoms with van der Waals surface area (Å²) < 4.78 is 19.7. The Kier molecular flexibility index (Phi) is 4.06. The number of hydrogen-bond acceptors (Lipinski definition) is 4. The Labute approximate surface area is 127 Å². The number of ether oxygens (including phenoxy) is 1. The van der Waals surface area contributed by atoms with Crippen LogP contribution in [-0.4, -0.2) is 41.0 Å². The summed E-state index contributed by atoms with van der Waals surface area (Å²) in [6, 6.07) is 3.13. The normalized spacial score (nSPS) is 24.7. The molecule has 0 N–H and O–H groups in total. The zero-order valence-corrected chi connectivity index (χ0v) is 12.0. The van der Waals surface area contributed by atoms with Gasteiger partial charge in [-0.15, -0.1) is 0 Å². The quantitative estimate of drug-likeness (QED) is 0.635. The summed E-state index contributed by atoms with van der Waals surface area (Å²) in [7, 11) is 0. The Morgan fingerprint density at radius 1 is 1.36 bits per heavy atom. The van der Waals surface area contributed by atoms with E-state index in [9.17, 15) is 19.3 Å². The maximum Gasteiger partial charge on any atom is 0.272 e. The number of non-ortho nitro benzene ring substituents is 1. The second kappa shape index (κ2) is 6.00. The zero-order valence-electron chi connectivity index (χ0n) is 12.0. The van der Waals surface area contributed by atoms with Crippen molar-refractivity contribution in [3.8, 4) is 0 Å². The van der Waals surface area contributed by atoms with Gasteiger partial charge in [0.25, 0.3) is 11.6 Å². The molecule has 6 nitrogen and oxygen atoms in total. The molecule has 3 rings (SSSR count). The van der Waals surface area contributed by atoms with E-state index < -0.39 is 16.6 Å². The van der Waals surface area contributed by atoms with E-state index in [4.69, 9.17) is 4.74 Å². The van der Waals surface area contributed by atoms with Crippen molar-refractivity contribution in [3.63, 3.8) is 0 Å². The molecule has 2 saturated heterocycles. The minimum Gasteiger partial charge on any atom is -0.376 e. The second-order valence-electron chi connectivity index (χ2n) is 5.68. The van der Waals surface area contributed by atoms with Gasteiger partial charge in [0.05, 0.1) is 28.7 Å². The first-order chi connectivity index (χ1) is 10.6. The molecule has 2 fully saturated rings. The Balaban J connectivity index is 1.82. The molecule has 1 aromatic carbocycles. The lowest BCUT2D eigenvalue weighted by Gasteiger charge is -2.29. The van der Waals surface area contributed by atoms with Crippen LogP contribution in [0.3, 0.4) is 0 Å². The number of hydrogen-bond donors (Lipinski definition) is 0. The van der Waals surface area contributed by atoms with Crippen molar-refractivity contribution in [3.05, 3.63) is 39.7 Å². The van der Waals surface area contributed by atoms with Crippen LogP contribution >= 0.6 is 0 Å². The standard InChI is InChI=1S/C15H17FN2O4/c16-12-9-10(18(20)21)5-6-11(12)15(19)17-7-1-3-13(17)14-4-2-8-22-14/h5-6,9,13-14H,1-4,7-8H2/t13-,14-/m0/s1. The van der Waals surface area contributed by atoms with Gasteiger partial charge in [-0.2, -0.15) is 0 Å². The van der Waals surface area contributed by atoms with Gasteiger partial charge in [-0.25, -0.2) is 4.39 Å². The van der Waals surface area contributed by atoms with Crippen molar-refractivity contribution in [1.82, 2.24) is 4.90 Å². The highest BCUT2D eigenvalue weighted by atomic mass is 19.1. The minimum atomic E-state index is -0.850. The van der Waals surface area contributed by atoms with E-state index in [1.54, 1.807) is 4.90 Å². The number of carbonyl (C=O) groups excluding carboxylic acids is 1. The number of carbonyl (C=O) groups is 1. The summed E-state index contributed by atoms with van der Waals surface area (Å²) in [5, 5.41) is 10.6. The van der Waals surface area contributed by atoms with Crippen LogP contribution in [0, 0.1) is 15.9 Å². The van der Waals surface area contributed by atoms with Crippen molar-refractivity contribution < 1.29 is 18.8 Å². The molecule has 118 valence electrons. The molecule has 22 heavy (non-hydrogen) atoms. The van der Waals surface area contributed by atoms with Crippen molar-refractivity contribution in [2.45, 2.75) is 37.8 Å². The van der Waals surface area contributed by atoms with Crippen molar-refractivity contribution in [2.75, 3.05) is 13.2 Å². The largest absolute Gasteiger partial charge is 0.376 e. The predicted octanol–water partition coefficient (Wildman–Crippen LogP) is 2.52. The van der Waals surface area contributed by atoms with Crippen molar-refractivity contribution >= 4 is 11.6 Å². The molecule has 0 saturated carbocycles. The van der Waals surface area contributed by atoms with Crippen molar-refractivity contribution in [2.24, 2.45) is 0 Å². The first kappa shape index (κ1) is 14.9. The average molecular weight is 308 g/mol. The first-order valence-electron chi connectivity index (χ1n) is 7.44. The van der Waals surface area contributed by atoms with Gasteiger partial charge in [0, 0.05) is 19.2 Å². The van der Waals surface area contributed by atoms with E-state index in [-0.39, 0.29) is 23.4 Å². The number of nitro benzene ring substituents is 1. The number of amides is 1. The lowest BCUT2D eigenvalue weighted by molar-refractivity contribution is -0.385. The van der Waals surface area contributed by atoms with Crippen LogP contribution in [0.1, 0.15) is 36.0 Å². The molecule has 0 spiro atoms. The number of nitro groups is 1. The van der Waals surface area contributed by atoms with E-state index in [0.29, 0.717) is 13.2 Å². The summed E-state index contributed by atoms with van der Waals surface area (Å²) in [6.45, 7) is 1.27. The lowest BCUT2D eigenvalue weighted by Crippen LogP contribution is -2.42. The molecular formula is C15H17FN2O4. The van der Waals surface area contributed by atoms with E-state index in [2.05, 4.69) is 0 Å². The number of benzene rings is 1. The summed E-state index contributed by atoms with van der Waals surface area (Å²) in [4.78, 5) is 24.2. The molecule has 0 bridgehead atoms. The first-order valence-corrected chi connectivity index (χ1v) is 7.44. The minimum absolute atomic E-state index is 0.0209. The van der Waals surface area contributed by atoms with Crippen molar-refractivity contribution in [1.29, 1.82) is 0 Å². The van der Waals surface area contributed by atoms with Crippen LogP contribution in [0.2, 0.25) is 0 Å². The smallest absolute Gasteiger partial charge is 0.272 e. The maximum atomic E-state index is 14.0. The number of halogens is 1. The fourth-order valence-electron chi connectivity index (χ4n) is 3.28. The van der Waals surface area contributed by atoms with Gasteiger partial charge < -0.3 is 9.64 Å². The third kappa shape index (κ3) is 2.68. The number of likely N-dealkylation sites (tertiary alicyclic amines) is 1. The Morgan fingerprint density at radius 3 is 2.82 bits per heavy atom. The topological polar surface area (TPSA) is 72.7 Å². The molecule has 2 heterocycles. The van der Waals surface area contributed by atoms with Crippen LogP contribution in [0.5, 0.6) is 0 Å². The SMILES string of the molecule is O=C(c1ccc([N+](=O)[O-])cc1F)N1CCC[C@H]1[C@@H]1CCCO1. The zero-order chi connectivity index (χ0) is 15.7. The number of rotatable bonds is 3. The summed E-state index contributed by atoms with van der Waals surface area (Å²) >= 11 is 0. The van der Waals surface area contributed by atoms with E-state index >= 15 is 0 Å². The molecule has 0 unspecified atom stereocenters. The average Bonchev–Trinajstić information content (AvgIpc) is 3.16. The Hall–Kier alpha value is -2.02. The molecule has 0 aliphatic carbocycles. The van der Waals surface area contributed by atoms with Gasteiger partial charge in [0.2, 0.25) is 0 Å². The van der Waals surface area contributed by atoms with Gasteiger partial charge in [0.1, 0.15) is 5.82 Å². The third-order valence-corrected chi connectivity index (χ3v) is 4.35. The maximum absolute atomic E-state index is 14.0. The summed E-state index contributed by atoms with van der Waals surface area (Å²) in [6.07, 6.45) is 3.63. The molecular weight excluding hydrogens is 291 g/mol. The van der Waals surface area contributed by atoms with Crippen LogP contribution < -0.4 is 0 Å². The van der Waals surface area contributed by atoms with Gasteiger partial charge in [-0.05, 0) is 31.7 Å². The predicted molar refractivity (Wildman–Crippen MR) is 76.1 cm³/mol. The molecule has 2 atom stereocenters. The van der Waals surface area contributed by atoms with Gasteiger partial charge in [-0.3, -0.25) is 14.9 Å². The highest BCUT2D eigenvalue weighted by Crippen LogP contribution is 2.30. The molecule has 1 aromatic rings. The van der Waals surface area contributed by atoms with Crippen LogP contribution in [0.25, 0.3) is 0 Å². The molecule has 2 aliphatic rings. The lowest BCUT2D eigenvalue weighted by atomic mass is 10.0. The Bertz CT molecular complexity index is 601. The van der Waals surface area contributed by atoms with E-state index in [0.717, 1.165) is 37.8 Å². The van der Waals surface area contributed by atoms with E-state index in [1.807, 2.05) is 0 Å². The van der Waals surface area contributed by atoms with E-state index in [1.165, 1.54) is 6.07 Å². The number of nitrogens with zero attached hydrogens (tertiary/aromatic N) is 2. The molecule has 1 amide bonds. The fourth-order valence-corrected chi connectivity index (χ4v) is 3.28. The van der Waals surface area contributed by atoms with Gasteiger partial charge in [-0.1, -0.05) is 0 Å². The van der Waals surface area contributed by atoms with Crippen LogP contribution in [0.15, 0.2) is 18.2 Å². The molecule has 0 aromatic heterocycles. The Morgan fingerprint density at radius 2 is 2.18 bits per heavy atom. The molecule has 2 aliphatic heterocycles. The second-order valence-corrected chi connectivity index (χ2v) is 5.68. The van der Waals surface area contributed by atoms with Gasteiger partial charge in [0.15, 0.2) is 0 Å². The summed E-state index contributed by atoms with van der Waals surface area (Å²) in [5.41, 5.74) is -0.471. The molecule has 7 heteroatoms. The monoisotopic (exact) mass is 308 g/mol. The van der Waals surface area contributed by atoms with Crippen LogP contribution in [0.4, 0.5) is 10.1 Å². The highest BCUT2D eigenvalue weighted by Gasteiger charge is 2.37. The highest BCUT2D eigenvalue weighted by molar-refractivity contribution is 5.95. The van der Waals surface area contributed by atoms with Crippen LogP contribution in [-0.2, 0) is 4.74 Å². The third-order valence-electron chi connectivity index (χ3n) is 4.35. The fraction of sp³-hybridized carbons (Fsp3) is 0.533. The summed E-state index contributed by atoms with van der Waals surface area (Å²) in [5.74, 6) is -1.26. The van der Waals surface area contributed by atoms with Gasteiger partial charge >= 0.3 is 0 Å². The molecule has 0 radical (unpaired) electrons.